The number of aliphatic hydroxyl groups excluding tert-OH is 4. The van der Waals surface area contributed by atoms with Gasteiger partial charge in [-0.05, 0) is 11.8 Å². The van der Waals surface area contributed by atoms with E-state index < -0.39 is 44.0 Å². The third-order valence-corrected chi connectivity index (χ3v) is 2.83. The predicted octanol–water partition coefficient (Wildman–Crippen LogP) is -2.99. The second-order valence-electron chi connectivity index (χ2n) is 3.29. The normalized spacial score (nSPS) is 41.0. The number of hydrogen-bond acceptors (Lipinski definition) is 7. The lowest BCUT2D eigenvalue weighted by atomic mass is 10.00. The molecule has 8 nitrogen and oxygen atoms in total. The van der Waals surface area contributed by atoms with Gasteiger partial charge in [0.25, 0.3) is 0 Å². The van der Waals surface area contributed by atoms with E-state index in [4.69, 9.17) is 19.6 Å². The molecule has 6 N–H and O–H groups in total. The first kappa shape index (κ1) is 14.4. The zero-order chi connectivity index (χ0) is 12.5. The van der Waals surface area contributed by atoms with Crippen LogP contribution < -0.4 is 0 Å². The second-order valence-corrected chi connectivity index (χ2v) is 5.91. The van der Waals surface area contributed by atoms with Crippen molar-refractivity contribution in [3.63, 3.8) is 0 Å². The van der Waals surface area contributed by atoms with E-state index in [1.54, 1.807) is 0 Å². The van der Waals surface area contributed by atoms with E-state index in [0.29, 0.717) is 0 Å². The molecular formula is C6H13O8PS. The first-order valence-electron chi connectivity index (χ1n) is 4.30. The van der Waals surface area contributed by atoms with Gasteiger partial charge in [0.2, 0.25) is 0 Å². The van der Waals surface area contributed by atoms with Crippen LogP contribution in [-0.2, 0) is 21.1 Å². The molecule has 0 amide bonds. The highest BCUT2D eigenvalue weighted by atomic mass is 32.5. The molecule has 1 aliphatic heterocycles. The molecule has 0 aromatic heterocycles. The van der Waals surface area contributed by atoms with Crippen molar-refractivity contribution in [2.75, 3.05) is 6.61 Å². The summed E-state index contributed by atoms with van der Waals surface area (Å²) in [5, 5.41) is 36.9. The highest BCUT2D eigenvalue weighted by Crippen LogP contribution is 2.40. The van der Waals surface area contributed by atoms with Crippen molar-refractivity contribution >= 4 is 18.5 Å². The summed E-state index contributed by atoms with van der Waals surface area (Å²) in [4.78, 5) is 17.7. The molecule has 0 spiro atoms. The van der Waals surface area contributed by atoms with Gasteiger partial charge in [-0.3, -0.25) is 4.52 Å². The lowest BCUT2D eigenvalue weighted by Crippen LogP contribution is -2.58. The van der Waals surface area contributed by atoms with Gasteiger partial charge in [0.1, 0.15) is 24.4 Å². The van der Waals surface area contributed by atoms with Crippen LogP contribution in [0.25, 0.3) is 0 Å². The number of aliphatic hydroxyl groups is 4. The van der Waals surface area contributed by atoms with Crippen LogP contribution in [0, 0.1) is 0 Å². The van der Waals surface area contributed by atoms with Crippen molar-refractivity contribution in [3.05, 3.63) is 0 Å². The molecule has 1 saturated heterocycles. The Kier molecular flexibility index (Phi) is 4.78. The summed E-state index contributed by atoms with van der Waals surface area (Å²) in [5.41, 5.74) is 0. The standard InChI is InChI=1S/C6H13O8PS/c7-1-2-3(8)4(9)5(10)6(13-2)14-15(11,12)16/h2-10H,1H2,(H2,11,12,16)/t2?,3?,4?,5?,6-/m0/s1. The minimum atomic E-state index is -4.08. The largest absolute Gasteiger partial charge is 0.394 e. The summed E-state index contributed by atoms with van der Waals surface area (Å²) in [6.45, 7) is -4.72. The molecule has 0 radical (unpaired) electrons. The Morgan fingerprint density at radius 3 is 2.12 bits per heavy atom. The molecule has 10 heteroatoms. The molecule has 0 aromatic carbocycles. The lowest BCUT2D eigenvalue weighted by Gasteiger charge is -2.39. The van der Waals surface area contributed by atoms with Crippen molar-refractivity contribution < 1.29 is 39.5 Å². The van der Waals surface area contributed by atoms with Gasteiger partial charge in [-0.1, -0.05) is 0 Å². The monoisotopic (exact) mass is 276 g/mol. The van der Waals surface area contributed by atoms with Crippen molar-refractivity contribution in [3.8, 4) is 0 Å². The molecule has 5 atom stereocenters. The van der Waals surface area contributed by atoms with Crippen LogP contribution in [0.15, 0.2) is 0 Å². The predicted molar refractivity (Wildman–Crippen MR) is 53.6 cm³/mol. The summed E-state index contributed by atoms with van der Waals surface area (Å²) in [6, 6.07) is 0. The molecule has 0 aliphatic carbocycles. The van der Waals surface area contributed by atoms with Crippen molar-refractivity contribution in [1.82, 2.24) is 0 Å². The third kappa shape index (κ3) is 3.41. The summed E-state index contributed by atoms with van der Waals surface area (Å²) >= 11 is 4.16. The summed E-state index contributed by atoms with van der Waals surface area (Å²) < 4.78 is 9.24. The second kappa shape index (κ2) is 5.32. The fourth-order valence-corrected chi connectivity index (χ4v) is 1.99. The molecule has 16 heavy (non-hydrogen) atoms. The zero-order valence-electron chi connectivity index (χ0n) is 7.95. The maximum absolute atomic E-state index is 9.39. The average Bonchev–Trinajstić information content (AvgIpc) is 2.17. The number of ether oxygens (including phenoxy) is 1. The molecule has 1 fully saturated rings. The topological polar surface area (TPSA) is 140 Å². The molecule has 0 saturated carbocycles. The zero-order valence-corrected chi connectivity index (χ0v) is 9.66. The summed E-state index contributed by atoms with van der Waals surface area (Å²) in [7, 11) is 0. The van der Waals surface area contributed by atoms with E-state index in [-0.39, 0.29) is 0 Å². The third-order valence-electron chi connectivity index (χ3n) is 2.09. The molecule has 96 valence electrons. The Labute approximate surface area is 95.9 Å². The maximum Gasteiger partial charge on any atom is 0.324 e. The number of hydrogen-bond donors (Lipinski definition) is 6. The molecule has 1 rings (SSSR count). The Morgan fingerprint density at radius 1 is 1.12 bits per heavy atom. The first-order valence-corrected chi connectivity index (χ1v) is 6.93. The van der Waals surface area contributed by atoms with Crippen LogP contribution in [0.4, 0.5) is 0 Å². The molecular weight excluding hydrogens is 263 g/mol. The van der Waals surface area contributed by atoms with Crippen molar-refractivity contribution in [1.29, 1.82) is 0 Å². The van der Waals surface area contributed by atoms with Crippen molar-refractivity contribution in [2.45, 2.75) is 30.7 Å². The number of rotatable bonds is 3. The van der Waals surface area contributed by atoms with E-state index in [9.17, 15) is 15.3 Å². The van der Waals surface area contributed by atoms with Crippen LogP contribution >= 0.6 is 6.72 Å². The van der Waals surface area contributed by atoms with Gasteiger partial charge >= 0.3 is 6.72 Å². The maximum atomic E-state index is 9.39. The van der Waals surface area contributed by atoms with Crippen LogP contribution in [0.2, 0.25) is 0 Å². The highest BCUT2D eigenvalue weighted by molar-refractivity contribution is 8.06. The molecule has 4 unspecified atom stereocenters. The smallest absolute Gasteiger partial charge is 0.324 e. The Balaban J connectivity index is 2.75. The lowest BCUT2D eigenvalue weighted by molar-refractivity contribution is -0.279. The van der Waals surface area contributed by atoms with Crippen LogP contribution in [-0.4, -0.2) is 67.5 Å². The average molecular weight is 276 g/mol. The van der Waals surface area contributed by atoms with Gasteiger partial charge in [0.15, 0.2) is 6.29 Å². The molecule has 0 aromatic rings. The Morgan fingerprint density at radius 2 is 1.69 bits per heavy atom. The van der Waals surface area contributed by atoms with Crippen molar-refractivity contribution in [2.24, 2.45) is 0 Å². The van der Waals surface area contributed by atoms with Gasteiger partial charge in [-0.25, -0.2) is 0 Å². The molecule has 1 heterocycles. The van der Waals surface area contributed by atoms with Gasteiger partial charge in [0.05, 0.1) is 6.61 Å². The Hall–Kier alpha value is 0.330. The minimum absolute atomic E-state index is 0.634. The van der Waals surface area contributed by atoms with E-state index >= 15 is 0 Å². The summed E-state index contributed by atoms with van der Waals surface area (Å²) in [6.07, 6.45) is -7.66. The summed E-state index contributed by atoms with van der Waals surface area (Å²) in [5.74, 6) is 0. The van der Waals surface area contributed by atoms with Gasteiger partial charge in [-0.2, -0.15) is 0 Å². The fraction of sp³-hybridized carbons (Fsp3) is 1.00. The highest BCUT2D eigenvalue weighted by Gasteiger charge is 2.45. The molecule has 1 aliphatic rings. The molecule has 0 bridgehead atoms. The van der Waals surface area contributed by atoms with Crippen LogP contribution in [0.3, 0.4) is 0 Å². The van der Waals surface area contributed by atoms with Gasteiger partial charge in [-0.15, -0.1) is 0 Å². The van der Waals surface area contributed by atoms with Gasteiger partial charge < -0.3 is 34.9 Å². The van der Waals surface area contributed by atoms with E-state index in [2.05, 4.69) is 16.3 Å². The fourth-order valence-electron chi connectivity index (χ4n) is 1.29. The van der Waals surface area contributed by atoms with Crippen LogP contribution in [0.1, 0.15) is 0 Å². The van der Waals surface area contributed by atoms with Crippen LogP contribution in [0.5, 0.6) is 0 Å². The quantitative estimate of drug-likeness (QED) is 0.298. The van der Waals surface area contributed by atoms with E-state index in [1.807, 2.05) is 0 Å². The first-order chi connectivity index (χ1) is 7.26. The SMILES string of the molecule is OCC1O[C@@H](OP(O)(O)=S)C(O)C(O)C1O. The minimum Gasteiger partial charge on any atom is -0.394 e. The van der Waals surface area contributed by atoms with Gasteiger partial charge in [0, 0.05) is 0 Å². The Bertz CT molecular complexity index is 280. The van der Waals surface area contributed by atoms with E-state index in [0.717, 1.165) is 0 Å². The van der Waals surface area contributed by atoms with E-state index in [1.165, 1.54) is 0 Å².